The van der Waals surface area contributed by atoms with Gasteiger partial charge in [-0.25, -0.2) is 0 Å². The Morgan fingerprint density at radius 3 is 2.82 bits per heavy atom. The zero-order valence-electron chi connectivity index (χ0n) is 9.50. The molecule has 92 valence electrons. The fourth-order valence-electron chi connectivity index (χ4n) is 1.64. The molecule has 0 radical (unpaired) electrons. The number of methoxy groups -OCH3 is 1. The lowest BCUT2D eigenvalue weighted by Crippen LogP contribution is -2.39. The Morgan fingerprint density at radius 2 is 2.29 bits per heavy atom. The summed E-state index contributed by atoms with van der Waals surface area (Å²) in [7, 11) is 1.50. The van der Waals surface area contributed by atoms with Gasteiger partial charge in [-0.3, -0.25) is 4.79 Å². The van der Waals surface area contributed by atoms with Crippen molar-refractivity contribution in [1.29, 1.82) is 0 Å². The molecule has 1 aliphatic carbocycles. The van der Waals surface area contributed by atoms with E-state index in [0.29, 0.717) is 16.3 Å². The second kappa shape index (κ2) is 4.55. The first-order valence-corrected chi connectivity index (χ1v) is 5.75. The number of nitrogens with one attached hydrogen (secondary N) is 1. The number of carbonyl (C=O) groups excluding carboxylic acids is 1. The lowest BCUT2D eigenvalue weighted by atomic mass is 10.1. The summed E-state index contributed by atoms with van der Waals surface area (Å²) in [5, 5.41) is 12.4. The number of halogens is 1. The summed E-state index contributed by atoms with van der Waals surface area (Å²) in [4.78, 5) is 12.0. The van der Waals surface area contributed by atoms with Crippen LogP contribution in [-0.2, 0) is 0 Å². The SMILES string of the molecule is COc1ccc(Cl)cc1C(=O)NC1(CO)CC1. The first-order chi connectivity index (χ1) is 8.10. The van der Waals surface area contributed by atoms with E-state index in [-0.39, 0.29) is 12.5 Å². The normalized spacial score (nSPS) is 16.4. The number of amides is 1. The molecule has 0 heterocycles. The van der Waals surface area contributed by atoms with E-state index >= 15 is 0 Å². The van der Waals surface area contributed by atoms with E-state index in [2.05, 4.69) is 5.32 Å². The van der Waals surface area contributed by atoms with E-state index in [1.165, 1.54) is 7.11 Å². The highest BCUT2D eigenvalue weighted by atomic mass is 35.5. The van der Waals surface area contributed by atoms with Gasteiger partial charge in [0.05, 0.1) is 24.8 Å². The van der Waals surface area contributed by atoms with Crippen LogP contribution in [0.1, 0.15) is 23.2 Å². The molecular weight excluding hydrogens is 242 g/mol. The molecule has 0 aromatic heterocycles. The molecule has 0 spiro atoms. The van der Waals surface area contributed by atoms with Gasteiger partial charge in [-0.1, -0.05) is 11.6 Å². The summed E-state index contributed by atoms with van der Waals surface area (Å²) in [6, 6.07) is 4.87. The van der Waals surface area contributed by atoms with E-state index < -0.39 is 5.54 Å². The molecule has 0 atom stereocenters. The molecule has 1 aromatic carbocycles. The van der Waals surface area contributed by atoms with Gasteiger partial charge in [-0.15, -0.1) is 0 Å². The molecule has 1 aliphatic rings. The summed E-state index contributed by atoms with van der Waals surface area (Å²) < 4.78 is 5.11. The topological polar surface area (TPSA) is 58.6 Å². The third kappa shape index (κ3) is 2.53. The predicted octanol–water partition coefficient (Wildman–Crippen LogP) is 1.60. The first kappa shape index (κ1) is 12.2. The van der Waals surface area contributed by atoms with Gasteiger partial charge in [0.2, 0.25) is 0 Å². The Hall–Kier alpha value is -1.26. The minimum absolute atomic E-state index is 0.0401. The number of carbonyl (C=O) groups is 1. The summed E-state index contributed by atoms with van der Waals surface area (Å²) in [5.74, 6) is 0.205. The van der Waals surface area contributed by atoms with Crippen molar-refractivity contribution < 1.29 is 14.6 Å². The molecular formula is C12H14ClNO3. The Kier molecular flexibility index (Phi) is 3.26. The van der Waals surface area contributed by atoms with Gasteiger partial charge in [0.15, 0.2) is 0 Å². The van der Waals surface area contributed by atoms with Crippen molar-refractivity contribution in [3.8, 4) is 5.75 Å². The fourth-order valence-corrected chi connectivity index (χ4v) is 1.81. The molecule has 4 nitrogen and oxygen atoms in total. The Labute approximate surface area is 105 Å². The third-order valence-electron chi connectivity index (χ3n) is 2.94. The van der Waals surface area contributed by atoms with E-state index in [0.717, 1.165) is 12.8 Å². The number of aliphatic hydroxyl groups excluding tert-OH is 1. The fraction of sp³-hybridized carbons (Fsp3) is 0.417. The van der Waals surface area contributed by atoms with Crippen molar-refractivity contribution in [2.45, 2.75) is 18.4 Å². The molecule has 0 unspecified atom stereocenters. The van der Waals surface area contributed by atoms with Gasteiger partial charge in [0.1, 0.15) is 5.75 Å². The number of hydrogen-bond donors (Lipinski definition) is 2. The molecule has 2 N–H and O–H groups in total. The standard InChI is InChI=1S/C12H14ClNO3/c1-17-10-3-2-8(13)6-9(10)11(16)14-12(7-15)4-5-12/h2-3,6,15H,4-5,7H2,1H3,(H,14,16). The van der Waals surface area contributed by atoms with Crippen LogP contribution in [0.3, 0.4) is 0 Å². The molecule has 1 aromatic rings. The average molecular weight is 256 g/mol. The first-order valence-electron chi connectivity index (χ1n) is 5.37. The lowest BCUT2D eigenvalue weighted by molar-refractivity contribution is 0.0903. The van der Waals surface area contributed by atoms with Crippen LogP contribution >= 0.6 is 11.6 Å². The van der Waals surface area contributed by atoms with Crippen LogP contribution in [0.2, 0.25) is 5.02 Å². The number of rotatable bonds is 4. The van der Waals surface area contributed by atoms with Crippen molar-refractivity contribution >= 4 is 17.5 Å². The van der Waals surface area contributed by atoms with Gasteiger partial charge >= 0.3 is 0 Å². The Bertz CT molecular complexity index is 443. The molecule has 0 bridgehead atoms. The zero-order chi connectivity index (χ0) is 12.5. The lowest BCUT2D eigenvalue weighted by Gasteiger charge is -2.15. The summed E-state index contributed by atoms with van der Waals surface area (Å²) in [5.41, 5.74) is -0.0514. The van der Waals surface area contributed by atoms with Crippen molar-refractivity contribution in [2.24, 2.45) is 0 Å². The van der Waals surface area contributed by atoms with Crippen molar-refractivity contribution in [3.05, 3.63) is 28.8 Å². The van der Waals surface area contributed by atoms with Gasteiger partial charge in [-0.2, -0.15) is 0 Å². The molecule has 5 heteroatoms. The average Bonchev–Trinajstić information content (AvgIpc) is 3.09. The second-order valence-electron chi connectivity index (χ2n) is 4.24. The third-order valence-corrected chi connectivity index (χ3v) is 3.18. The van der Waals surface area contributed by atoms with Crippen LogP contribution < -0.4 is 10.1 Å². The van der Waals surface area contributed by atoms with Gasteiger partial charge in [0.25, 0.3) is 5.91 Å². The number of hydrogen-bond acceptors (Lipinski definition) is 3. The Morgan fingerprint density at radius 1 is 1.59 bits per heavy atom. The molecule has 1 saturated carbocycles. The predicted molar refractivity (Wildman–Crippen MR) is 64.5 cm³/mol. The molecule has 1 amide bonds. The Balaban J connectivity index is 2.21. The number of benzene rings is 1. The van der Waals surface area contributed by atoms with Crippen LogP contribution in [0, 0.1) is 0 Å². The monoisotopic (exact) mass is 255 g/mol. The summed E-state index contributed by atoms with van der Waals surface area (Å²) in [6.07, 6.45) is 1.61. The van der Waals surface area contributed by atoms with Crippen LogP contribution in [0.15, 0.2) is 18.2 Å². The quantitative estimate of drug-likeness (QED) is 0.859. The minimum Gasteiger partial charge on any atom is -0.496 e. The van der Waals surface area contributed by atoms with Gasteiger partial charge < -0.3 is 15.2 Å². The van der Waals surface area contributed by atoms with E-state index in [9.17, 15) is 4.79 Å². The maximum absolute atomic E-state index is 12.0. The maximum Gasteiger partial charge on any atom is 0.255 e. The van der Waals surface area contributed by atoms with E-state index in [4.69, 9.17) is 21.4 Å². The van der Waals surface area contributed by atoms with Crippen LogP contribution in [0.4, 0.5) is 0 Å². The zero-order valence-corrected chi connectivity index (χ0v) is 10.3. The highest BCUT2D eigenvalue weighted by molar-refractivity contribution is 6.31. The van der Waals surface area contributed by atoms with Crippen molar-refractivity contribution in [2.75, 3.05) is 13.7 Å². The second-order valence-corrected chi connectivity index (χ2v) is 4.67. The number of ether oxygens (including phenoxy) is 1. The highest BCUT2D eigenvalue weighted by Crippen LogP contribution is 2.35. The van der Waals surface area contributed by atoms with Crippen molar-refractivity contribution in [1.82, 2.24) is 5.32 Å². The summed E-state index contributed by atoms with van der Waals surface area (Å²) in [6.45, 7) is -0.0401. The van der Waals surface area contributed by atoms with Crippen LogP contribution in [0.5, 0.6) is 5.75 Å². The molecule has 0 aliphatic heterocycles. The minimum atomic E-state index is -0.440. The molecule has 17 heavy (non-hydrogen) atoms. The molecule has 0 saturated heterocycles. The van der Waals surface area contributed by atoms with Crippen LogP contribution in [-0.4, -0.2) is 30.3 Å². The molecule has 2 rings (SSSR count). The largest absolute Gasteiger partial charge is 0.496 e. The summed E-state index contributed by atoms with van der Waals surface area (Å²) >= 11 is 5.85. The highest BCUT2D eigenvalue weighted by Gasteiger charge is 2.43. The van der Waals surface area contributed by atoms with Crippen LogP contribution in [0.25, 0.3) is 0 Å². The smallest absolute Gasteiger partial charge is 0.255 e. The van der Waals surface area contributed by atoms with Crippen molar-refractivity contribution in [3.63, 3.8) is 0 Å². The molecule has 1 fully saturated rings. The maximum atomic E-state index is 12.0. The van der Waals surface area contributed by atoms with Gasteiger partial charge in [-0.05, 0) is 31.0 Å². The number of aliphatic hydroxyl groups is 1. The van der Waals surface area contributed by atoms with Gasteiger partial charge in [0, 0.05) is 5.02 Å². The van der Waals surface area contributed by atoms with E-state index in [1.54, 1.807) is 18.2 Å². The van der Waals surface area contributed by atoms with E-state index in [1.807, 2.05) is 0 Å².